The summed E-state index contributed by atoms with van der Waals surface area (Å²) in [7, 11) is -3.29. The minimum absolute atomic E-state index is 0.0798. The van der Waals surface area contributed by atoms with Crippen LogP contribution in [0.3, 0.4) is 0 Å². The number of H-pyrrole nitrogens is 1. The fraction of sp³-hybridized carbons (Fsp3) is 0.786. The van der Waals surface area contributed by atoms with Gasteiger partial charge in [-0.05, 0) is 18.8 Å². The van der Waals surface area contributed by atoms with E-state index in [1.165, 1.54) is 12.5 Å². The fourth-order valence-corrected chi connectivity index (χ4v) is 4.03. The first-order valence-corrected chi connectivity index (χ1v) is 9.57. The summed E-state index contributed by atoms with van der Waals surface area (Å²) in [5.41, 5.74) is 0.647. The Morgan fingerprint density at radius 2 is 2.09 bits per heavy atom. The second-order valence-corrected chi connectivity index (χ2v) is 8.05. The van der Waals surface area contributed by atoms with E-state index in [1.807, 2.05) is 0 Å². The first kappa shape index (κ1) is 15.9. The summed E-state index contributed by atoms with van der Waals surface area (Å²) >= 11 is 0. The lowest BCUT2D eigenvalue weighted by Gasteiger charge is -2.38. The molecule has 0 aromatic carbocycles. The molecule has 0 radical (unpaired) electrons. The molecule has 0 bridgehead atoms. The largest absolute Gasteiger partial charge is 0.381 e. The second kappa shape index (κ2) is 6.66. The Labute approximate surface area is 130 Å². The average Bonchev–Trinajstić information content (AvgIpc) is 2.98. The molecule has 0 spiro atoms. The highest BCUT2D eigenvalue weighted by Gasteiger charge is 2.32. The minimum atomic E-state index is -3.29. The van der Waals surface area contributed by atoms with E-state index >= 15 is 0 Å². The van der Waals surface area contributed by atoms with E-state index < -0.39 is 9.84 Å². The predicted octanol–water partition coefficient (Wildman–Crippen LogP) is 0.613. The van der Waals surface area contributed by atoms with Crippen molar-refractivity contribution in [2.24, 2.45) is 5.92 Å². The van der Waals surface area contributed by atoms with Crippen LogP contribution in [0.15, 0.2) is 11.1 Å². The van der Waals surface area contributed by atoms with Gasteiger partial charge in [0.15, 0.2) is 9.84 Å². The molecule has 22 heavy (non-hydrogen) atoms. The van der Waals surface area contributed by atoms with Gasteiger partial charge in [0.2, 0.25) is 0 Å². The number of aromatic nitrogens is 2. The maximum absolute atomic E-state index is 11.9. The number of nitrogens with zero attached hydrogens (tertiary/aromatic N) is 2. The van der Waals surface area contributed by atoms with Gasteiger partial charge in [0.1, 0.15) is 4.90 Å². The molecule has 3 heterocycles. The average molecular weight is 329 g/mol. The van der Waals surface area contributed by atoms with Gasteiger partial charge in [0, 0.05) is 32.6 Å². The number of morpholine rings is 1. The molecule has 124 valence electrons. The van der Waals surface area contributed by atoms with Gasteiger partial charge in [-0.3, -0.25) is 10.00 Å². The van der Waals surface area contributed by atoms with Gasteiger partial charge >= 0.3 is 0 Å². The molecule has 2 aliphatic heterocycles. The third-order valence-electron chi connectivity index (χ3n) is 4.44. The Morgan fingerprint density at radius 1 is 1.32 bits per heavy atom. The van der Waals surface area contributed by atoms with E-state index in [1.54, 1.807) is 0 Å². The van der Waals surface area contributed by atoms with Gasteiger partial charge in [-0.15, -0.1) is 0 Å². The monoisotopic (exact) mass is 329 g/mol. The van der Waals surface area contributed by atoms with Crippen LogP contribution in [-0.2, 0) is 19.3 Å². The Hall–Kier alpha value is -0.960. The topological polar surface area (TPSA) is 84.5 Å². The maximum Gasteiger partial charge on any atom is 0.178 e. The van der Waals surface area contributed by atoms with Crippen molar-refractivity contribution in [1.82, 2.24) is 15.1 Å². The first-order chi connectivity index (χ1) is 10.6. The predicted molar refractivity (Wildman–Crippen MR) is 80.4 cm³/mol. The van der Waals surface area contributed by atoms with Crippen LogP contribution in [0.4, 0.5) is 0 Å². The summed E-state index contributed by atoms with van der Waals surface area (Å²) in [6.07, 6.45) is 4.73. The number of hydrogen-bond acceptors (Lipinski definition) is 6. The Morgan fingerprint density at radius 3 is 2.82 bits per heavy atom. The maximum atomic E-state index is 11.9. The fourth-order valence-electron chi connectivity index (χ4n) is 3.20. The summed E-state index contributed by atoms with van der Waals surface area (Å²) in [5, 5.41) is 6.81. The Balaban J connectivity index is 1.79. The van der Waals surface area contributed by atoms with Gasteiger partial charge in [0.05, 0.1) is 31.1 Å². The number of rotatable bonds is 4. The molecule has 1 N–H and O–H groups in total. The summed E-state index contributed by atoms with van der Waals surface area (Å²) < 4.78 is 34.8. The third-order valence-corrected chi connectivity index (χ3v) is 5.56. The number of hydrogen-bond donors (Lipinski definition) is 1. The summed E-state index contributed by atoms with van der Waals surface area (Å²) in [6, 6.07) is -0.0798. The minimum Gasteiger partial charge on any atom is -0.381 e. The van der Waals surface area contributed by atoms with Crippen LogP contribution >= 0.6 is 0 Å². The van der Waals surface area contributed by atoms with Crippen LogP contribution in [0.1, 0.15) is 24.6 Å². The quantitative estimate of drug-likeness (QED) is 0.871. The zero-order chi connectivity index (χ0) is 15.6. The van der Waals surface area contributed by atoms with Crippen LogP contribution in [-0.4, -0.2) is 69.3 Å². The van der Waals surface area contributed by atoms with E-state index in [-0.39, 0.29) is 10.9 Å². The van der Waals surface area contributed by atoms with Crippen LogP contribution in [0.25, 0.3) is 0 Å². The van der Waals surface area contributed by atoms with E-state index in [9.17, 15) is 8.42 Å². The molecular weight excluding hydrogens is 306 g/mol. The van der Waals surface area contributed by atoms with Crippen molar-refractivity contribution < 1.29 is 17.9 Å². The summed E-state index contributed by atoms with van der Waals surface area (Å²) in [4.78, 5) is 2.60. The van der Waals surface area contributed by atoms with E-state index in [4.69, 9.17) is 9.47 Å². The highest BCUT2D eigenvalue weighted by atomic mass is 32.2. The smallest absolute Gasteiger partial charge is 0.178 e. The standard InChI is InChI=1S/C14H23N3O4S/c1-22(18,19)13-8-15-16-14(13)12-10-21-7-4-17(12)9-11-2-5-20-6-3-11/h8,11-12H,2-7,9-10H2,1H3,(H,15,16). The first-order valence-electron chi connectivity index (χ1n) is 7.68. The highest BCUT2D eigenvalue weighted by molar-refractivity contribution is 7.90. The lowest BCUT2D eigenvalue weighted by atomic mass is 9.98. The van der Waals surface area contributed by atoms with Crippen molar-refractivity contribution >= 4 is 9.84 Å². The molecule has 7 nitrogen and oxygen atoms in total. The number of nitrogens with one attached hydrogen (secondary N) is 1. The van der Waals surface area contributed by atoms with Crippen LogP contribution in [0.2, 0.25) is 0 Å². The van der Waals surface area contributed by atoms with Gasteiger partial charge in [-0.25, -0.2) is 8.42 Å². The lowest BCUT2D eigenvalue weighted by Crippen LogP contribution is -2.43. The van der Waals surface area contributed by atoms with Crippen molar-refractivity contribution in [2.75, 3.05) is 45.8 Å². The molecule has 1 unspecified atom stereocenters. The van der Waals surface area contributed by atoms with E-state index in [0.717, 1.165) is 39.1 Å². The molecule has 2 aliphatic rings. The zero-order valence-corrected chi connectivity index (χ0v) is 13.6. The van der Waals surface area contributed by atoms with Crippen molar-refractivity contribution in [1.29, 1.82) is 0 Å². The van der Waals surface area contributed by atoms with Gasteiger partial charge in [0.25, 0.3) is 0 Å². The van der Waals surface area contributed by atoms with Crippen LogP contribution in [0.5, 0.6) is 0 Å². The Kier molecular flexibility index (Phi) is 4.82. The molecule has 0 aliphatic carbocycles. The van der Waals surface area contributed by atoms with E-state index in [2.05, 4.69) is 15.1 Å². The van der Waals surface area contributed by atoms with Gasteiger partial charge < -0.3 is 9.47 Å². The molecule has 1 aromatic rings. The molecule has 2 saturated heterocycles. The third kappa shape index (κ3) is 3.51. The second-order valence-electron chi connectivity index (χ2n) is 6.06. The van der Waals surface area contributed by atoms with Gasteiger partial charge in [-0.1, -0.05) is 0 Å². The van der Waals surface area contributed by atoms with Crippen molar-refractivity contribution in [2.45, 2.75) is 23.8 Å². The highest BCUT2D eigenvalue weighted by Crippen LogP contribution is 2.29. The molecule has 1 aromatic heterocycles. The summed E-state index contributed by atoms with van der Waals surface area (Å²) in [6.45, 7) is 4.57. The van der Waals surface area contributed by atoms with Gasteiger partial charge in [-0.2, -0.15) is 5.10 Å². The molecule has 2 fully saturated rings. The molecule has 8 heteroatoms. The molecule has 1 atom stereocenters. The number of sulfone groups is 1. The molecule has 0 amide bonds. The summed E-state index contributed by atoms with van der Waals surface area (Å²) in [5.74, 6) is 0.596. The SMILES string of the molecule is CS(=O)(=O)c1cn[nH]c1C1COCCN1CC1CCOCC1. The lowest BCUT2D eigenvalue weighted by molar-refractivity contribution is -0.0289. The zero-order valence-electron chi connectivity index (χ0n) is 12.8. The molecular formula is C14H23N3O4S. The van der Waals surface area contributed by atoms with E-state index in [0.29, 0.717) is 24.8 Å². The normalized spacial score (nSPS) is 25.4. The molecule has 0 saturated carbocycles. The van der Waals surface area contributed by atoms with Crippen LogP contribution < -0.4 is 0 Å². The van der Waals surface area contributed by atoms with Crippen molar-refractivity contribution in [3.63, 3.8) is 0 Å². The molecule has 3 rings (SSSR count). The van der Waals surface area contributed by atoms with Crippen molar-refractivity contribution in [3.8, 4) is 0 Å². The Bertz CT molecular complexity index is 595. The number of aromatic amines is 1. The number of ether oxygens (including phenoxy) is 2. The van der Waals surface area contributed by atoms with Crippen molar-refractivity contribution in [3.05, 3.63) is 11.9 Å². The van der Waals surface area contributed by atoms with Crippen LogP contribution in [0, 0.1) is 5.92 Å².